The number of hydrazone groups is 1. The Kier molecular flexibility index (Phi) is 9.39. The summed E-state index contributed by atoms with van der Waals surface area (Å²) in [7, 11) is 1.43. The molecule has 0 unspecified atom stereocenters. The Morgan fingerprint density at radius 3 is 2.03 bits per heavy atom. The van der Waals surface area contributed by atoms with Crippen LogP contribution in [0.2, 0.25) is 10.0 Å². The van der Waals surface area contributed by atoms with Crippen LogP contribution in [0, 0.1) is 0 Å². The van der Waals surface area contributed by atoms with Gasteiger partial charge in [-0.3, -0.25) is 4.79 Å². The highest BCUT2D eigenvalue weighted by atomic mass is 35.5. The highest BCUT2D eigenvalue weighted by molar-refractivity contribution is 6.42. The van der Waals surface area contributed by atoms with Crippen LogP contribution >= 0.6 is 23.2 Å². The largest absolute Gasteiger partial charge is 0.493 e. The molecule has 39 heavy (non-hydrogen) atoms. The number of amides is 1. The smallest absolute Gasteiger partial charge is 0.343 e. The minimum absolute atomic E-state index is 0.183. The van der Waals surface area contributed by atoms with Gasteiger partial charge < -0.3 is 18.9 Å². The molecule has 0 aliphatic carbocycles. The van der Waals surface area contributed by atoms with Crippen molar-refractivity contribution >= 4 is 41.3 Å². The summed E-state index contributed by atoms with van der Waals surface area (Å²) in [5.41, 5.74) is 3.21. The van der Waals surface area contributed by atoms with E-state index in [0.29, 0.717) is 22.1 Å². The second kappa shape index (κ2) is 13.3. The van der Waals surface area contributed by atoms with Crippen molar-refractivity contribution in [2.75, 3.05) is 7.11 Å². The van der Waals surface area contributed by atoms with E-state index in [1.165, 1.54) is 37.6 Å². The molecular formula is C29H22Cl2N2O6. The second-order valence-electron chi connectivity index (χ2n) is 7.86. The number of para-hydroxylation sites is 2. The van der Waals surface area contributed by atoms with Crippen LogP contribution in [0.4, 0.5) is 0 Å². The molecule has 198 valence electrons. The lowest BCUT2D eigenvalue weighted by Crippen LogP contribution is -2.40. The normalized spacial score (nSPS) is 10.8. The van der Waals surface area contributed by atoms with E-state index in [4.69, 9.17) is 42.1 Å². The average Bonchev–Trinajstić information content (AvgIpc) is 2.95. The van der Waals surface area contributed by atoms with Crippen molar-refractivity contribution in [2.24, 2.45) is 5.10 Å². The van der Waals surface area contributed by atoms with Crippen molar-refractivity contribution in [3.63, 3.8) is 0 Å². The third-order valence-corrected chi connectivity index (χ3v) is 5.86. The van der Waals surface area contributed by atoms with Gasteiger partial charge in [-0.15, -0.1) is 0 Å². The molecule has 0 bridgehead atoms. The third kappa shape index (κ3) is 7.73. The molecule has 4 rings (SSSR count). The fourth-order valence-corrected chi connectivity index (χ4v) is 3.53. The van der Waals surface area contributed by atoms with Crippen LogP contribution in [-0.4, -0.2) is 31.5 Å². The van der Waals surface area contributed by atoms with Crippen LogP contribution in [0.1, 0.15) is 15.9 Å². The summed E-state index contributed by atoms with van der Waals surface area (Å²) in [6.45, 7) is 0. The van der Waals surface area contributed by atoms with Gasteiger partial charge in [-0.2, -0.15) is 5.10 Å². The maximum atomic E-state index is 12.8. The van der Waals surface area contributed by atoms with Crippen LogP contribution < -0.4 is 24.4 Å². The standard InChI is InChI=1S/C29H22Cl2N2O6/c1-36-26-16-19(12-15-25(26)39-28(35)20-13-14-23(30)24(31)17-20)18-32-33-27(34)29(37-21-8-4-2-5-9-21)38-22-10-6-3-7-11-22/h2-18,29H,1H3,(H,33,34)/b32-18+. The highest BCUT2D eigenvalue weighted by Gasteiger charge is 2.22. The van der Waals surface area contributed by atoms with Crippen molar-refractivity contribution in [3.05, 3.63) is 118 Å². The van der Waals surface area contributed by atoms with E-state index in [-0.39, 0.29) is 22.1 Å². The van der Waals surface area contributed by atoms with Gasteiger partial charge in [0.15, 0.2) is 11.5 Å². The van der Waals surface area contributed by atoms with Gasteiger partial charge in [0.1, 0.15) is 11.5 Å². The van der Waals surface area contributed by atoms with E-state index < -0.39 is 18.2 Å². The van der Waals surface area contributed by atoms with E-state index in [2.05, 4.69) is 10.5 Å². The molecule has 0 radical (unpaired) electrons. The number of hydrogen-bond donors (Lipinski definition) is 1. The summed E-state index contributed by atoms with van der Waals surface area (Å²) in [5, 5.41) is 4.56. The number of halogens is 2. The zero-order valence-corrected chi connectivity index (χ0v) is 22.1. The Balaban J connectivity index is 1.43. The van der Waals surface area contributed by atoms with Crippen LogP contribution in [0.5, 0.6) is 23.0 Å². The number of hydrogen-bond acceptors (Lipinski definition) is 7. The lowest BCUT2D eigenvalue weighted by Gasteiger charge is -2.18. The molecule has 4 aromatic rings. The molecule has 1 N–H and O–H groups in total. The van der Waals surface area contributed by atoms with Gasteiger partial charge in [0.2, 0.25) is 0 Å². The van der Waals surface area contributed by atoms with Crippen LogP contribution in [0.15, 0.2) is 102 Å². The van der Waals surface area contributed by atoms with E-state index in [1.807, 2.05) is 12.1 Å². The lowest BCUT2D eigenvalue weighted by molar-refractivity contribution is -0.140. The van der Waals surface area contributed by atoms with E-state index in [0.717, 1.165) is 0 Å². The Hall–Kier alpha value is -4.53. The van der Waals surface area contributed by atoms with Gasteiger partial charge in [0, 0.05) is 0 Å². The van der Waals surface area contributed by atoms with Crippen molar-refractivity contribution in [3.8, 4) is 23.0 Å². The molecule has 0 aliphatic heterocycles. The van der Waals surface area contributed by atoms with Crippen molar-refractivity contribution in [2.45, 2.75) is 6.29 Å². The molecule has 0 saturated heterocycles. The topological polar surface area (TPSA) is 95.5 Å². The van der Waals surface area contributed by atoms with Crippen molar-refractivity contribution in [1.82, 2.24) is 5.43 Å². The monoisotopic (exact) mass is 564 g/mol. The summed E-state index contributed by atoms with van der Waals surface area (Å²) in [4.78, 5) is 25.4. The first-order chi connectivity index (χ1) is 18.9. The van der Waals surface area contributed by atoms with Gasteiger partial charge in [0.25, 0.3) is 0 Å². The first kappa shape index (κ1) is 27.5. The number of rotatable bonds is 10. The van der Waals surface area contributed by atoms with Crippen LogP contribution in [-0.2, 0) is 4.79 Å². The number of carbonyl (C=O) groups is 2. The Labute approximate surface area is 234 Å². The van der Waals surface area contributed by atoms with Crippen LogP contribution in [0.3, 0.4) is 0 Å². The molecule has 0 aliphatic rings. The molecule has 0 saturated carbocycles. The Bertz CT molecular complexity index is 1420. The fraction of sp³-hybridized carbons (Fsp3) is 0.0690. The minimum Gasteiger partial charge on any atom is -0.493 e. The lowest BCUT2D eigenvalue weighted by atomic mass is 10.2. The number of esters is 1. The maximum absolute atomic E-state index is 12.8. The third-order valence-electron chi connectivity index (χ3n) is 5.12. The predicted octanol–water partition coefficient (Wildman–Crippen LogP) is 6.16. The molecule has 0 fully saturated rings. The fourth-order valence-electron chi connectivity index (χ4n) is 3.23. The number of benzene rings is 4. The van der Waals surface area contributed by atoms with Gasteiger partial charge in [-0.25, -0.2) is 10.2 Å². The van der Waals surface area contributed by atoms with Gasteiger partial charge in [-0.05, 0) is 66.2 Å². The molecule has 10 heteroatoms. The van der Waals surface area contributed by atoms with E-state index in [9.17, 15) is 9.59 Å². The predicted molar refractivity (Wildman–Crippen MR) is 148 cm³/mol. The average molecular weight is 565 g/mol. The molecule has 0 heterocycles. The molecule has 0 spiro atoms. The number of ether oxygens (including phenoxy) is 4. The minimum atomic E-state index is -1.30. The maximum Gasteiger partial charge on any atom is 0.343 e. The molecule has 0 aromatic heterocycles. The number of nitrogens with one attached hydrogen (secondary N) is 1. The van der Waals surface area contributed by atoms with Crippen molar-refractivity contribution < 1.29 is 28.5 Å². The quantitative estimate of drug-likeness (QED) is 0.0815. The molecule has 1 amide bonds. The Morgan fingerprint density at radius 1 is 0.795 bits per heavy atom. The SMILES string of the molecule is COc1cc(/C=N/NC(=O)C(Oc2ccccc2)Oc2ccccc2)ccc1OC(=O)c1ccc(Cl)c(Cl)c1. The van der Waals surface area contributed by atoms with E-state index >= 15 is 0 Å². The van der Waals surface area contributed by atoms with Gasteiger partial charge >= 0.3 is 18.2 Å². The highest BCUT2D eigenvalue weighted by Crippen LogP contribution is 2.29. The number of nitrogens with zero attached hydrogens (tertiary/aromatic N) is 1. The van der Waals surface area contributed by atoms with Crippen LogP contribution in [0.25, 0.3) is 0 Å². The first-order valence-electron chi connectivity index (χ1n) is 11.5. The summed E-state index contributed by atoms with van der Waals surface area (Å²) in [6.07, 6.45) is 0.0947. The zero-order chi connectivity index (χ0) is 27.6. The summed E-state index contributed by atoms with van der Waals surface area (Å²) >= 11 is 11.9. The summed E-state index contributed by atoms with van der Waals surface area (Å²) < 4.78 is 22.3. The molecule has 8 nitrogen and oxygen atoms in total. The Morgan fingerprint density at radius 2 is 1.44 bits per heavy atom. The number of methoxy groups -OCH3 is 1. The van der Waals surface area contributed by atoms with Gasteiger partial charge in [0.05, 0.1) is 28.9 Å². The number of carbonyl (C=O) groups excluding carboxylic acids is 2. The second-order valence-corrected chi connectivity index (χ2v) is 8.67. The zero-order valence-electron chi connectivity index (χ0n) is 20.5. The summed E-state index contributed by atoms with van der Waals surface area (Å²) in [6, 6.07) is 26.8. The first-order valence-corrected chi connectivity index (χ1v) is 12.3. The van der Waals surface area contributed by atoms with E-state index in [1.54, 1.807) is 60.7 Å². The van der Waals surface area contributed by atoms with Crippen molar-refractivity contribution in [1.29, 1.82) is 0 Å². The van der Waals surface area contributed by atoms with Gasteiger partial charge in [-0.1, -0.05) is 59.6 Å². The summed E-state index contributed by atoms with van der Waals surface area (Å²) in [5.74, 6) is 0.0989. The molecular weight excluding hydrogens is 543 g/mol. The molecule has 0 atom stereocenters. The molecule has 4 aromatic carbocycles.